The second-order valence-electron chi connectivity index (χ2n) is 5.39. The second kappa shape index (κ2) is 7.24. The highest BCUT2D eigenvalue weighted by Gasteiger charge is 2.35. The van der Waals surface area contributed by atoms with Crippen LogP contribution in [0.25, 0.3) is 0 Å². The first kappa shape index (κ1) is 17.0. The zero-order valence-electron chi connectivity index (χ0n) is 13.0. The van der Waals surface area contributed by atoms with Gasteiger partial charge in [-0.15, -0.1) is 0 Å². The van der Waals surface area contributed by atoms with Crippen molar-refractivity contribution >= 4 is 45.8 Å². The summed E-state index contributed by atoms with van der Waals surface area (Å²) in [5, 5.41) is 2.80. The third-order valence-electron chi connectivity index (χ3n) is 3.59. The Kier molecular flexibility index (Phi) is 5.58. The van der Waals surface area contributed by atoms with Crippen LogP contribution in [-0.4, -0.2) is 32.8 Å². The smallest absolute Gasteiger partial charge is 0.241 e. The van der Waals surface area contributed by atoms with Crippen LogP contribution in [0.2, 0.25) is 0 Å². The fourth-order valence-corrected chi connectivity index (χ4v) is 3.82. The molecule has 118 valence electrons. The Labute approximate surface area is 140 Å². The van der Waals surface area contributed by atoms with E-state index < -0.39 is 0 Å². The van der Waals surface area contributed by atoms with Gasteiger partial charge in [0.15, 0.2) is 0 Å². The normalized spacial score (nSPS) is 18.0. The molecule has 6 heteroatoms. The molecule has 0 spiro atoms. The Morgan fingerprint density at radius 2 is 2.14 bits per heavy atom. The maximum Gasteiger partial charge on any atom is 0.241 e. The van der Waals surface area contributed by atoms with E-state index in [0.29, 0.717) is 10.9 Å². The molecule has 1 fully saturated rings. The predicted molar refractivity (Wildman–Crippen MR) is 95.1 cm³/mol. The number of thioether (sulfide) groups is 1. The lowest BCUT2D eigenvalue weighted by Crippen LogP contribution is -2.34. The third kappa shape index (κ3) is 3.87. The fraction of sp³-hybridized carbons (Fsp3) is 0.438. The van der Waals surface area contributed by atoms with Crippen molar-refractivity contribution in [3.8, 4) is 0 Å². The molecule has 4 nitrogen and oxygen atoms in total. The first-order valence-electron chi connectivity index (χ1n) is 7.31. The van der Waals surface area contributed by atoms with Crippen molar-refractivity contribution in [1.29, 1.82) is 0 Å². The van der Waals surface area contributed by atoms with Crippen molar-refractivity contribution in [2.24, 2.45) is 0 Å². The maximum atomic E-state index is 12.1. The van der Waals surface area contributed by atoms with E-state index >= 15 is 0 Å². The summed E-state index contributed by atoms with van der Waals surface area (Å²) in [5.41, 5.74) is 3.00. The average Bonchev–Trinajstić information content (AvgIpc) is 2.74. The van der Waals surface area contributed by atoms with Gasteiger partial charge in [-0.05, 0) is 31.9 Å². The quantitative estimate of drug-likeness (QED) is 0.839. The lowest BCUT2D eigenvalue weighted by atomic mass is 10.1. The third-order valence-corrected chi connectivity index (χ3v) is 5.34. The van der Waals surface area contributed by atoms with Crippen LogP contribution in [0.4, 0.5) is 5.69 Å². The molecule has 22 heavy (non-hydrogen) atoms. The number of hydrogen-bond donors (Lipinski definition) is 1. The zero-order chi connectivity index (χ0) is 16.3. The van der Waals surface area contributed by atoms with E-state index in [1.165, 1.54) is 11.8 Å². The van der Waals surface area contributed by atoms with Crippen molar-refractivity contribution in [3.63, 3.8) is 0 Å². The van der Waals surface area contributed by atoms with Gasteiger partial charge in [-0.1, -0.05) is 48.6 Å². The lowest BCUT2D eigenvalue weighted by molar-refractivity contribution is -0.126. The van der Waals surface area contributed by atoms with E-state index in [2.05, 4.69) is 5.32 Å². The van der Waals surface area contributed by atoms with E-state index in [1.54, 1.807) is 4.90 Å². The highest BCUT2D eigenvalue weighted by atomic mass is 32.2. The van der Waals surface area contributed by atoms with Crippen LogP contribution >= 0.6 is 24.0 Å². The van der Waals surface area contributed by atoms with Crippen LogP contribution in [0.15, 0.2) is 18.2 Å². The Balaban J connectivity index is 1.90. The van der Waals surface area contributed by atoms with Crippen LogP contribution in [-0.2, 0) is 9.59 Å². The molecular formula is C16H20N2O2S2. The standard InChI is InChI=1S/C16H20N2O2S2/c1-4-13-15(20)18(16(21)22-13)8-7-14(19)17-12-6-5-10(2)9-11(12)3/h5-6,9,13H,4,7-8H2,1-3H3,(H,17,19). The Morgan fingerprint density at radius 1 is 1.41 bits per heavy atom. The number of carbonyl (C=O) groups excluding carboxylic acids is 2. The summed E-state index contributed by atoms with van der Waals surface area (Å²) < 4.78 is 0.580. The van der Waals surface area contributed by atoms with E-state index in [4.69, 9.17) is 12.2 Å². The number of thiocarbonyl (C=S) groups is 1. The minimum atomic E-state index is -0.104. The van der Waals surface area contributed by atoms with Gasteiger partial charge in [0.1, 0.15) is 4.32 Å². The largest absolute Gasteiger partial charge is 0.326 e. The van der Waals surface area contributed by atoms with Gasteiger partial charge in [-0.3, -0.25) is 14.5 Å². The number of rotatable bonds is 5. The number of amides is 2. The van der Waals surface area contributed by atoms with Crippen molar-refractivity contribution in [2.45, 2.75) is 38.9 Å². The summed E-state index contributed by atoms with van der Waals surface area (Å²) in [6, 6.07) is 5.89. The summed E-state index contributed by atoms with van der Waals surface area (Å²) in [4.78, 5) is 25.7. The van der Waals surface area contributed by atoms with Gasteiger partial charge in [0.25, 0.3) is 0 Å². The monoisotopic (exact) mass is 336 g/mol. The van der Waals surface area contributed by atoms with Crippen molar-refractivity contribution in [1.82, 2.24) is 4.90 Å². The highest BCUT2D eigenvalue weighted by Crippen LogP contribution is 2.29. The van der Waals surface area contributed by atoms with E-state index in [-0.39, 0.29) is 23.5 Å². The molecule has 0 saturated carbocycles. The Hall–Kier alpha value is -1.40. The number of nitrogens with one attached hydrogen (secondary N) is 1. The number of aryl methyl sites for hydroxylation is 2. The van der Waals surface area contributed by atoms with Gasteiger partial charge in [0.05, 0.1) is 5.25 Å². The fourth-order valence-electron chi connectivity index (χ4n) is 2.34. The number of nitrogens with zero attached hydrogens (tertiary/aromatic N) is 1. The highest BCUT2D eigenvalue weighted by molar-refractivity contribution is 8.24. The topological polar surface area (TPSA) is 49.4 Å². The summed E-state index contributed by atoms with van der Waals surface area (Å²) in [5.74, 6) is -0.0793. The molecule has 1 saturated heterocycles. The van der Waals surface area contributed by atoms with Crippen LogP contribution < -0.4 is 5.32 Å². The first-order chi connectivity index (χ1) is 10.4. The number of benzene rings is 1. The molecule has 0 aliphatic carbocycles. The molecule has 1 atom stereocenters. The van der Waals surface area contributed by atoms with Gasteiger partial charge in [0.2, 0.25) is 11.8 Å². The summed E-state index contributed by atoms with van der Waals surface area (Å²) in [6.45, 7) is 6.29. The second-order valence-corrected chi connectivity index (χ2v) is 7.22. The molecule has 0 aromatic heterocycles. The molecule has 1 aliphatic heterocycles. The van der Waals surface area contributed by atoms with Gasteiger partial charge < -0.3 is 5.32 Å². The predicted octanol–water partition coefficient (Wildman–Crippen LogP) is 3.27. The lowest BCUT2D eigenvalue weighted by Gasteiger charge is -2.15. The minimum absolute atomic E-state index is 0.0248. The molecular weight excluding hydrogens is 316 g/mol. The molecule has 1 unspecified atom stereocenters. The molecule has 1 aromatic carbocycles. The van der Waals surface area contributed by atoms with E-state index in [1.807, 2.05) is 39.0 Å². The van der Waals surface area contributed by atoms with Gasteiger partial charge in [0, 0.05) is 18.7 Å². The molecule has 1 aromatic rings. The molecule has 1 heterocycles. The van der Waals surface area contributed by atoms with Crippen LogP contribution in [0, 0.1) is 13.8 Å². The van der Waals surface area contributed by atoms with Crippen molar-refractivity contribution in [2.75, 3.05) is 11.9 Å². The molecule has 0 radical (unpaired) electrons. The number of anilines is 1. The van der Waals surface area contributed by atoms with Crippen molar-refractivity contribution in [3.05, 3.63) is 29.3 Å². The van der Waals surface area contributed by atoms with Gasteiger partial charge in [-0.2, -0.15) is 0 Å². The summed E-state index contributed by atoms with van der Waals surface area (Å²) >= 11 is 6.63. The van der Waals surface area contributed by atoms with Crippen LogP contribution in [0.1, 0.15) is 30.9 Å². The maximum absolute atomic E-state index is 12.1. The van der Waals surface area contributed by atoms with E-state index in [9.17, 15) is 9.59 Å². The zero-order valence-corrected chi connectivity index (χ0v) is 14.6. The number of carbonyl (C=O) groups is 2. The summed E-state index contributed by atoms with van der Waals surface area (Å²) in [6.07, 6.45) is 1.01. The van der Waals surface area contributed by atoms with Gasteiger partial charge in [-0.25, -0.2) is 0 Å². The molecule has 1 aliphatic rings. The first-order valence-corrected chi connectivity index (χ1v) is 8.60. The summed E-state index contributed by atoms with van der Waals surface area (Å²) in [7, 11) is 0. The number of hydrogen-bond acceptors (Lipinski definition) is 4. The molecule has 2 amide bonds. The Bertz CT molecular complexity index is 616. The van der Waals surface area contributed by atoms with E-state index in [0.717, 1.165) is 23.2 Å². The van der Waals surface area contributed by atoms with Gasteiger partial charge >= 0.3 is 0 Å². The molecule has 2 rings (SSSR count). The molecule has 0 bridgehead atoms. The van der Waals surface area contributed by atoms with Crippen molar-refractivity contribution < 1.29 is 9.59 Å². The van der Waals surface area contributed by atoms with Crippen LogP contribution in [0.5, 0.6) is 0 Å². The van der Waals surface area contributed by atoms with Crippen LogP contribution in [0.3, 0.4) is 0 Å². The average molecular weight is 336 g/mol. The minimum Gasteiger partial charge on any atom is -0.326 e. The molecule has 1 N–H and O–H groups in total. The SMILES string of the molecule is CCC1SC(=S)N(CCC(=O)Nc2ccc(C)cc2C)C1=O. The Morgan fingerprint density at radius 3 is 2.73 bits per heavy atom.